The van der Waals surface area contributed by atoms with Crippen LogP contribution in [0, 0.1) is 11.3 Å². The first-order chi connectivity index (χ1) is 19.5. The van der Waals surface area contributed by atoms with Crippen LogP contribution in [-0.4, -0.2) is 90.8 Å². The third-order valence-electron chi connectivity index (χ3n) is 7.31. The molecule has 0 saturated heterocycles. The van der Waals surface area contributed by atoms with E-state index < -0.39 is 18.2 Å². The number of aromatic nitrogens is 1. The molecule has 1 aromatic heterocycles. The topological polar surface area (TPSA) is 157 Å². The Balaban J connectivity index is 1.48. The molecule has 1 saturated carbocycles. The molecule has 1 unspecified atom stereocenters. The van der Waals surface area contributed by atoms with Gasteiger partial charge in [0.15, 0.2) is 5.01 Å². The molecule has 1 aromatic carbocycles. The number of ether oxygens (including phenoxy) is 1. The van der Waals surface area contributed by atoms with Gasteiger partial charge in [-0.25, -0.2) is 9.78 Å². The van der Waals surface area contributed by atoms with Crippen LogP contribution in [0.2, 0.25) is 0 Å². The van der Waals surface area contributed by atoms with Gasteiger partial charge in [0.25, 0.3) is 11.8 Å². The molecule has 41 heavy (non-hydrogen) atoms. The Kier molecular flexibility index (Phi) is 9.71. The van der Waals surface area contributed by atoms with E-state index in [0.29, 0.717) is 35.4 Å². The Hall–Kier alpha value is -3.84. The van der Waals surface area contributed by atoms with Gasteiger partial charge in [-0.05, 0) is 45.4 Å². The number of amidine groups is 1. The van der Waals surface area contributed by atoms with Crippen molar-refractivity contribution in [3.8, 4) is 0 Å². The quantitative estimate of drug-likeness (QED) is 0.287. The molecule has 2 aromatic rings. The fraction of sp³-hybridized carbons (Fsp3) is 0.500. The molecule has 2 heterocycles. The van der Waals surface area contributed by atoms with Gasteiger partial charge in [0.2, 0.25) is 5.91 Å². The van der Waals surface area contributed by atoms with Gasteiger partial charge in [-0.2, -0.15) is 0 Å². The van der Waals surface area contributed by atoms with Crippen LogP contribution in [0.25, 0.3) is 0 Å². The van der Waals surface area contributed by atoms with Crippen LogP contribution in [0.3, 0.4) is 0 Å². The molecule has 13 heteroatoms. The zero-order chi connectivity index (χ0) is 29.7. The van der Waals surface area contributed by atoms with E-state index in [2.05, 4.69) is 25.8 Å². The van der Waals surface area contributed by atoms with Gasteiger partial charge in [0.1, 0.15) is 5.84 Å². The van der Waals surface area contributed by atoms with Crippen molar-refractivity contribution < 1.29 is 23.9 Å². The predicted molar refractivity (Wildman–Crippen MR) is 154 cm³/mol. The lowest BCUT2D eigenvalue weighted by Crippen LogP contribution is -2.55. The molecule has 4 amide bonds. The van der Waals surface area contributed by atoms with Crippen LogP contribution in [0.4, 0.5) is 4.79 Å². The summed E-state index contributed by atoms with van der Waals surface area (Å²) in [6.45, 7) is 3.48. The minimum absolute atomic E-state index is 0.0120. The third-order valence-corrected chi connectivity index (χ3v) is 8.39. The van der Waals surface area contributed by atoms with Crippen molar-refractivity contribution in [2.45, 2.75) is 51.2 Å². The van der Waals surface area contributed by atoms with E-state index in [4.69, 9.17) is 10.1 Å². The molecule has 12 nitrogen and oxygen atoms in total. The van der Waals surface area contributed by atoms with Crippen molar-refractivity contribution in [1.29, 1.82) is 5.41 Å². The first kappa shape index (κ1) is 30.1. The van der Waals surface area contributed by atoms with Gasteiger partial charge >= 0.3 is 6.09 Å². The van der Waals surface area contributed by atoms with Crippen molar-refractivity contribution in [1.82, 2.24) is 30.7 Å². The molecule has 4 N–H and O–H groups in total. The zero-order valence-corrected chi connectivity index (χ0v) is 24.6. The van der Waals surface area contributed by atoms with Crippen LogP contribution in [0.1, 0.15) is 62.5 Å². The number of carbonyl (C=O) groups excluding carboxylic acids is 4. The number of rotatable bonds is 7. The molecule has 220 valence electrons. The van der Waals surface area contributed by atoms with Crippen LogP contribution >= 0.6 is 11.3 Å². The molecule has 1 fully saturated rings. The van der Waals surface area contributed by atoms with Crippen molar-refractivity contribution in [3.05, 3.63) is 51.0 Å². The second-order valence-electron chi connectivity index (χ2n) is 10.6. The first-order valence-electron chi connectivity index (χ1n) is 13.7. The Morgan fingerprint density at radius 3 is 2.59 bits per heavy atom. The molecule has 2 aliphatic rings. The summed E-state index contributed by atoms with van der Waals surface area (Å²) in [6.07, 6.45) is 1.50. The number of hydrogen-bond acceptors (Lipinski definition) is 9. The molecule has 0 bridgehead atoms. The summed E-state index contributed by atoms with van der Waals surface area (Å²) < 4.78 is 4.82. The summed E-state index contributed by atoms with van der Waals surface area (Å²) in [6, 6.07) is 5.46. The van der Waals surface area contributed by atoms with Gasteiger partial charge in [-0.15, -0.1) is 11.3 Å². The van der Waals surface area contributed by atoms with Gasteiger partial charge in [-0.1, -0.05) is 12.1 Å². The summed E-state index contributed by atoms with van der Waals surface area (Å²) in [5.41, 5.74) is 1.59. The normalized spacial score (nSPS) is 20.3. The van der Waals surface area contributed by atoms with Crippen molar-refractivity contribution >= 4 is 41.0 Å². The van der Waals surface area contributed by atoms with Gasteiger partial charge in [0.05, 0.1) is 18.3 Å². The number of amides is 4. The molecule has 0 spiro atoms. The average Bonchev–Trinajstić information content (AvgIpc) is 3.37. The Morgan fingerprint density at radius 1 is 1.12 bits per heavy atom. The number of alkyl carbamates (subject to hydrolysis) is 1. The Bertz CT molecular complexity index is 1330. The van der Waals surface area contributed by atoms with Crippen LogP contribution in [0.15, 0.2) is 24.3 Å². The second kappa shape index (κ2) is 13.2. The maximum absolute atomic E-state index is 13.3. The molecular weight excluding hydrogens is 546 g/mol. The fourth-order valence-corrected chi connectivity index (χ4v) is 6.24. The Labute approximate surface area is 243 Å². The van der Waals surface area contributed by atoms with Gasteiger partial charge in [-0.3, -0.25) is 25.1 Å². The van der Waals surface area contributed by atoms with Crippen molar-refractivity contribution in [2.75, 3.05) is 34.3 Å². The van der Waals surface area contributed by atoms with E-state index in [0.717, 1.165) is 30.1 Å². The number of fused-ring (bicyclic) bond motifs is 1. The third kappa shape index (κ3) is 7.47. The number of thiazole rings is 1. The first-order valence-corrected chi connectivity index (χ1v) is 14.5. The lowest BCUT2D eigenvalue weighted by Gasteiger charge is -2.37. The molecule has 0 radical (unpaired) electrons. The standard InChI is InChI=1S/C28H37N7O5S/c1-5-40-28(39)33-23(29)16-7-6-8-17(13-16)24(36)30-19-10-9-18(27(38)34(2)3)14-21(19)31-25(37)26-32-20-11-12-35(4)15-22(20)41-26/h6-8,13,18-19,21H,5,9-12,14-15H2,1-4H3,(H,30,36)(H,31,37)(H2,29,33,39)/t18?,19-,21+/m0/s1. The predicted octanol–water partition coefficient (Wildman–Crippen LogP) is 1.99. The van der Waals surface area contributed by atoms with Crippen LogP contribution < -0.4 is 16.0 Å². The minimum Gasteiger partial charge on any atom is -0.450 e. The average molecular weight is 584 g/mol. The number of nitrogens with one attached hydrogen (secondary N) is 4. The van der Waals surface area contributed by atoms with E-state index in [1.807, 2.05) is 7.05 Å². The smallest absolute Gasteiger partial charge is 0.412 e. The summed E-state index contributed by atoms with van der Waals surface area (Å²) >= 11 is 1.38. The Morgan fingerprint density at radius 2 is 1.85 bits per heavy atom. The largest absolute Gasteiger partial charge is 0.450 e. The molecule has 1 aliphatic carbocycles. The number of likely N-dealkylation sites (N-methyl/N-ethyl adjacent to an activating group) is 1. The van der Waals surface area contributed by atoms with Crippen LogP contribution in [0.5, 0.6) is 0 Å². The molecule has 3 atom stereocenters. The molecule has 1 aliphatic heterocycles. The van der Waals surface area contributed by atoms with E-state index >= 15 is 0 Å². The van der Waals surface area contributed by atoms with Gasteiger partial charge < -0.3 is 25.2 Å². The van der Waals surface area contributed by atoms with E-state index in [1.165, 1.54) is 17.4 Å². The zero-order valence-electron chi connectivity index (χ0n) is 23.8. The maximum atomic E-state index is 13.3. The summed E-state index contributed by atoms with van der Waals surface area (Å²) in [5, 5.41) is 17.0. The second-order valence-corrected chi connectivity index (χ2v) is 11.7. The minimum atomic E-state index is -0.747. The van der Waals surface area contributed by atoms with Crippen LogP contribution in [-0.2, 0) is 22.5 Å². The highest BCUT2D eigenvalue weighted by atomic mass is 32.1. The van der Waals surface area contributed by atoms with Crippen molar-refractivity contribution in [3.63, 3.8) is 0 Å². The molecular formula is C28H37N7O5S. The lowest BCUT2D eigenvalue weighted by atomic mass is 9.81. The SMILES string of the molecule is CCOC(=O)NC(=N)c1cccc(C(=O)N[C@H]2CCC(C(=O)N(C)C)C[C@H]2NC(=O)c2nc3c(s2)CN(C)CC3)c1. The van der Waals surface area contributed by atoms with Gasteiger partial charge in [0, 0.05) is 61.6 Å². The van der Waals surface area contributed by atoms with E-state index in [1.54, 1.807) is 44.1 Å². The van der Waals surface area contributed by atoms with E-state index in [-0.39, 0.29) is 36.1 Å². The summed E-state index contributed by atoms with van der Waals surface area (Å²) in [7, 11) is 5.46. The number of benzene rings is 1. The summed E-state index contributed by atoms with van der Waals surface area (Å²) in [5.74, 6) is -1.18. The van der Waals surface area contributed by atoms with Crippen molar-refractivity contribution in [2.24, 2.45) is 5.92 Å². The molecule has 4 rings (SSSR count). The highest BCUT2D eigenvalue weighted by Crippen LogP contribution is 2.28. The highest BCUT2D eigenvalue weighted by Gasteiger charge is 2.37. The summed E-state index contributed by atoms with van der Waals surface area (Å²) in [4.78, 5) is 60.5. The number of hydrogen-bond donors (Lipinski definition) is 4. The number of nitrogens with zero attached hydrogens (tertiary/aromatic N) is 3. The van der Waals surface area contributed by atoms with E-state index in [9.17, 15) is 19.2 Å². The highest BCUT2D eigenvalue weighted by molar-refractivity contribution is 7.13. The fourth-order valence-electron chi connectivity index (χ4n) is 5.15. The monoisotopic (exact) mass is 583 g/mol. The maximum Gasteiger partial charge on any atom is 0.412 e. The number of carbonyl (C=O) groups is 4. The lowest BCUT2D eigenvalue weighted by molar-refractivity contribution is -0.134.